The quantitative estimate of drug-likeness (QED) is 0.776. The fourth-order valence-electron chi connectivity index (χ4n) is 1.43. The van der Waals surface area contributed by atoms with E-state index in [0.29, 0.717) is 10.6 Å². The van der Waals surface area contributed by atoms with E-state index < -0.39 is 7.37 Å². The maximum atomic E-state index is 12.2. The molecule has 1 atom stereocenters. The third kappa shape index (κ3) is 2.01. The zero-order chi connectivity index (χ0) is 11.6. The Morgan fingerprint density at radius 1 is 0.812 bits per heavy atom. The van der Waals surface area contributed by atoms with Gasteiger partial charge in [0.15, 0.2) is 0 Å². The van der Waals surface area contributed by atoms with Crippen molar-refractivity contribution in [2.45, 2.75) is 0 Å². The second-order valence-electron chi connectivity index (χ2n) is 3.43. The van der Waals surface area contributed by atoms with Crippen LogP contribution in [0.5, 0.6) is 5.75 Å². The van der Waals surface area contributed by atoms with Gasteiger partial charge in [0.25, 0.3) is 7.37 Å². The summed E-state index contributed by atoms with van der Waals surface area (Å²) in [5.41, 5.74) is 0. The van der Waals surface area contributed by atoms with Gasteiger partial charge in [-0.25, -0.2) is 0 Å². The molecule has 16 heavy (non-hydrogen) atoms. The summed E-state index contributed by atoms with van der Waals surface area (Å²) in [6.45, 7) is 0. The normalized spacial score (nSPS) is 14.3. The van der Waals surface area contributed by atoms with Crippen LogP contribution in [0.25, 0.3) is 0 Å². The molecule has 2 rings (SSSR count). The maximum Gasteiger partial charge on any atom is 0.258 e. The predicted molar refractivity (Wildman–Crippen MR) is 63.6 cm³/mol. The highest BCUT2D eigenvalue weighted by molar-refractivity contribution is 7.73. The molecule has 2 aromatic rings. The van der Waals surface area contributed by atoms with Crippen LogP contribution in [0.1, 0.15) is 0 Å². The Balaban J connectivity index is 2.47. The van der Waals surface area contributed by atoms with Gasteiger partial charge in [0.2, 0.25) is 0 Å². The molecule has 0 heterocycles. The Kier molecular flexibility index (Phi) is 2.82. The van der Waals surface area contributed by atoms with E-state index in [0.717, 1.165) is 0 Å². The SMILES string of the molecule is O=P(O)(c1ccccc1)c1ccc(O)cc1. The minimum absolute atomic E-state index is 0.0804. The second kappa shape index (κ2) is 4.12. The van der Waals surface area contributed by atoms with Crippen LogP contribution in [-0.2, 0) is 4.57 Å². The first kappa shape index (κ1) is 10.9. The van der Waals surface area contributed by atoms with E-state index in [9.17, 15) is 9.46 Å². The molecule has 0 saturated heterocycles. The maximum absolute atomic E-state index is 12.2. The molecular formula is C12H11O3P. The van der Waals surface area contributed by atoms with E-state index >= 15 is 0 Å². The Bertz CT molecular complexity index is 520. The Labute approximate surface area is 93.5 Å². The lowest BCUT2D eigenvalue weighted by molar-refractivity contribution is 0.475. The molecule has 0 amide bonds. The molecule has 2 aromatic carbocycles. The number of benzene rings is 2. The molecule has 0 aliphatic heterocycles. The van der Waals surface area contributed by atoms with Crippen molar-refractivity contribution in [1.82, 2.24) is 0 Å². The Morgan fingerprint density at radius 3 is 1.88 bits per heavy atom. The zero-order valence-corrected chi connectivity index (χ0v) is 9.34. The molecule has 2 N–H and O–H groups in total. The van der Waals surface area contributed by atoms with Crippen LogP contribution in [0.15, 0.2) is 54.6 Å². The third-order valence-corrected chi connectivity index (χ3v) is 4.30. The average Bonchev–Trinajstić information content (AvgIpc) is 2.31. The smallest absolute Gasteiger partial charge is 0.258 e. The fourth-order valence-corrected chi connectivity index (χ4v) is 2.86. The van der Waals surface area contributed by atoms with Gasteiger partial charge in [0.1, 0.15) is 5.75 Å². The summed E-state index contributed by atoms with van der Waals surface area (Å²) in [5.74, 6) is 0.0804. The van der Waals surface area contributed by atoms with Gasteiger partial charge in [-0.15, -0.1) is 0 Å². The summed E-state index contributed by atoms with van der Waals surface area (Å²) < 4.78 is 12.2. The van der Waals surface area contributed by atoms with Crippen LogP contribution in [0, 0.1) is 0 Å². The van der Waals surface area contributed by atoms with Crippen molar-refractivity contribution in [1.29, 1.82) is 0 Å². The lowest BCUT2D eigenvalue weighted by Gasteiger charge is -2.11. The Morgan fingerprint density at radius 2 is 1.31 bits per heavy atom. The van der Waals surface area contributed by atoms with Crippen molar-refractivity contribution >= 4 is 18.0 Å². The van der Waals surface area contributed by atoms with Crippen molar-refractivity contribution in [2.75, 3.05) is 0 Å². The molecule has 0 spiro atoms. The molecule has 0 fully saturated rings. The molecule has 0 saturated carbocycles. The first-order valence-corrected chi connectivity index (χ1v) is 6.45. The molecule has 0 aromatic heterocycles. The van der Waals surface area contributed by atoms with E-state index in [-0.39, 0.29) is 5.75 Å². The summed E-state index contributed by atoms with van der Waals surface area (Å²) >= 11 is 0. The van der Waals surface area contributed by atoms with Crippen LogP contribution >= 0.6 is 7.37 Å². The summed E-state index contributed by atoms with van der Waals surface area (Å²) in [4.78, 5) is 10.0. The molecule has 0 bridgehead atoms. The largest absolute Gasteiger partial charge is 0.508 e. The van der Waals surface area contributed by atoms with Gasteiger partial charge in [0, 0.05) is 10.6 Å². The lowest BCUT2D eigenvalue weighted by Crippen LogP contribution is -2.14. The number of hydrogen-bond donors (Lipinski definition) is 2. The highest BCUT2D eigenvalue weighted by atomic mass is 31.2. The molecular weight excluding hydrogens is 223 g/mol. The van der Waals surface area contributed by atoms with E-state index in [2.05, 4.69) is 0 Å². The average molecular weight is 234 g/mol. The summed E-state index contributed by atoms with van der Waals surface area (Å²) in [6.07, 6.45) is 0. The van der Waals surface area contributed by atoms with Gasteiger partial charge >= 0.3 is 0 Å². The van der Waals surface area contributed by atoms with E-state index in [1.807, 2.05) is 0 Å². The van der Waals surface area contributed by atoms with E-state index in [1.165, 1.54) is 24.3 Å². The minimum atomic E-state index is -3.53. The van der Waals surface area contributed by atoms with Crippen molar-refractivity contribution in [3.63, 3.8) is 0 Å². The first-order valence-electron chi connectivity index (χ1n) is 4.79. The number of hydrogen-bond acceptors (Lipinski definition) is 2. The highest BCUT2D eigenvalue weighted by Crippen LogP contribution is 2.38. The zero-order valence-electron chi connectivity index (χ0n) is 8.45. The van der Waals surface area contributed by atoms with Gasteiger partial charge in [-0.05, 0) is 36.4 Å². The minimum Gasteiger partial charge on any atom is -0.508 e. The fraction of sp³-hybridized carbons (Fsp3) is 0. The van der Waals surface area contributed by atoms with Crippen molar-refractivity contribution in [3.8, 4) is 5.75 Å². The number of phenolic OH excluding ortho intramolecular Hbond substituents is 1. The van der Waals surface area contributed by atoms with E-state index in [4.69, 9.17) is 5.11 Å². The van der Waals surface area contributed by atoms with Crippen LogP contribution in [-0.4, -0.2) is 10.00 Å². The number of phenols is 1. The van der Waals surface area contributed by atoms with Crippen LogP contribution in [0.4, 0.5) is 0 Å². The van der Waals surface area contributed by atoms with Crippen LogP contribution in [0.3, 0.4) is 0 Å². The molecule has 0 aliphatic carbocycles. The lowest BCUT2D eigenvalue weighted by atomic mass is 10.3. The van der Waals surface area contributed by atoms with Gasteiger partial charge in [0.05, 0.1) is 0 Å². The third-order valence-electron chi connectivity index (χ3n) is 2.31. The summed E-state index contributed by atoms with van der Waals surface area (Å²) in [7, 11) is -3.53. The van der Waals surface area contributed by atoms with Crippen molar-refractivity contribution in [3.05, 3.63) is 54.6 Å². The standard InChI is InChI=1S/C12H11O3P/c13-10-6-8-12(9-7-10)16(14,15)11-4-2-1-3-5-11/h1-9,13H,(H,14,15). The molecule has 82 valence electrons. The summed E-state index contributed by atoms with van der Waals surface area (Å²) in [5, 5.41) is 9.83. The second-order valence-corrected chi connectivity index (χ2v) is 5.61. The van der Waals surface area contributed by atoms with Gasteiger partial charge < -0.3 is 10.00 Å². The molecule has 3 nitrogen and oxygen atoms in total. The number of aromatic hydroxyl groups is 1. The van der Waals surface area contributed by atoms with Crippen molar-refractivity contribution in [2.24, 2.45) is 0 Å². The van der Waals surface area contributed by atoms with Gasteiger partial charge in [-0.3, -0.25) is 4.57 Å². The highest BCUT2D eigenvalue weighted by Gasteiger charge is 2.23. The van der Waals surface area contributed by atoms with Crippen molar-refractivity contribution < 1.29 is 14.6 Å². The predicted octanol–water partition coefficient (Wildman–Crippen LogP) is 1.61. The first-order chi connectivity index (χ1) is 7.60. The monoisotopic (exact) mass is 234 g/mol. The molecule has 1 unspecified atom stereocenters. The topological polar surface area (TPSA) is 57.5 Å². The molecule has 0 aliphatic rings. The van der Waals surface area contributed by atoms with Gasteiger partial charge in [-0.1, -0.05) is 18.2 Å². The van der Waals surface area contributed by atoms with Gasteiger partial charge in [-0.2, -0.15) is 0 Å². The van der Waals surface area contributed by atoms with Crippen LogP contribution < -0.4 is 10.6 Å². The summed E-state index contributed by atoms with van der Waals surface area (Å²) in [6, 6.07) is 14.2. The molecule has 4 heteroatoms. The number of rotatable bonds is 2. The molecule has 0 radical (unpaired) electrons. The Hall–Kier alpha value is -1.57. The van der Waals surface area contributed by atoms with Crippen LogP contribution in [0.2, 0.25) is 0 Å². The van der Waals surface area contributed by atoms with E-state index in [1.54, 1.807) is 30.3 Å².